The lowest BCUT2D eigenvalue weighted by atomic mass is 9.86. The monoisotopic (exact) mass is 318 g/mol. The molecular weight excluding hydrogens is 284 g/mol. The van der Waals surface area contributed by atoms with Crippen molar-refractivity contribution in [1.29, 1.82) is 0 Å². The Morgan fingerprint density at radius 2 is 1.95 bits per heavy atom. The van der Waals surface area contributed by atoms with Crippen LogP contribution in [0.1, 0.15) is 64.7 Å². The van der Waals surface area contributed by atoms with Crippen LogP contribution in [0.5, 0.6) is 0 Å². The first kappa shape index (κ1) is 19.8. The van der Waals surface area contributed by atoms with Crippen LogP contribution in [0.15, 0.2) is 0 Å². The van der Waals surface area contributed by atoms with Crippen LogP contribution in [0.4, 0.5) is 0 Å². The SMILES string of the molecule is CCCC1CCC(O)C(CC(O)CCOC)CCCC(O)O1. The Hall–Kier alpha value is -0.200. The molecule has 1 heterocycles. The van der Waals surface area contributed by atoms with Gasteiger partial charge in [-0.15, -0.1) is 0 Å². The van der Waals surface area contributed by atoms with E-state index in [0.29, 0.717) is 32.3 Å². The molecule has 5 unspecified atom stereocenters. The van der Waals surface area contributed by atoms with Gasteiger partial charge in [-0.05, 0) is 57.3 Å². The van der Waals surface area contributed by atoms with Crippen molar-refractivity contribution in [2.24, 2.45) is 5.92 Å². The zero-order valence-corrected chi connectivity index (χ0v) is 14.1. The standard InChI is InChI=1S/C17H34O5/c1-3-5-15-8-9-16(19)13(6-4-7-17(20)22-15)12-14(18)10-11-21-2/h13-20H,3-12H2,1-2H3. The molecule has 5 nitrogen and oxygen atoms in total. The van der Waals surface area contributed by atoms with Crippen molar-refractivity contribution in [3.05, 3.63) is 0 Å². The van der Waals surface area contributed by atoms with Crippen molar-refractivity contribution in [3.8, 4) is 0 Å². The van der Waals surface area contributed by atoms with E-state index >= 15 is 0 Å². The van der Waals surface area contributed by atoms with Crippen LogP contribution < -0.4 is 0 Å². The van der Waals surface area contributed by atoms with Crippen molar-refractivity contribution >= 4 is 0 Å². The second kappa shape index (κ2) is 11.4. The van der Waals surface area contributed by atoms with E-state index in [-0.39, 0.29) is 12.0 Å². The Balaban J connectivity index is 2.54. The van der Waals surface area contributed by atoms with E-state index in [1.807, 2.05) is 0 Å². The third-order valence-corrected chi connectivity index (χ3v) is 4.54. The fraction of sp³-hybridized carbons (Fsp3) is 1.00. The Bertz CT molecular complexity index is 274. The van der Waals surface area contributed by atoms with Gasteiger partial charge in [0, 0.05) is 13.7 Å². The molecule has 3 N–H and O–H groups in total. The van der Waals surface area contributed by atoms with E-state index in [4.69, 9.17) is 9.47 Å². The van der Waals surface area contributed by atoms with Crippen LogP contribution in [0.25, 0.3) is 0 Å². The molecule has 1 aliphatic heterocycles. The van der Waals surface area contributed by atoms with Gasteiger partial charge in [0.05, 0.1) is 18.3 Å². The maximum Gasteiger partial charge on any atom is 0.154 e. The third kappa shape index (κ3) is 7.88. The van der Waals surface area contributed by atoms with Crippen LogP contribution >= 0.6 is 0 Å². The van der Waals surface area contributed by atoms with Gasteiger partial charge in [-0.3, -0.25) is 0 Å². The predicted molar refractivity (Wildman–Crippen MR) is 85.5 cm³/mol. The topological polar surface area (TPSA) is 79.2 Å². The highest BCUT2D eigenvalue weighted by Crippen LogP contribution is 2.27. The third-order valence-electron chi connectivity index (χ3n) is 4.54. The molecule has 0 aromatic carbocycles. The summed E-state index contributed by atoms with van der Waals surface area (Å²) in [5, 5.41) is 30.4. The van der Waals surface area contributed by atoms with Crippen LogP contribution in [0, 0.1) is 5.92 Å². The quantitative estimate of drug-likeness (QED) is 0.671. The zero-order valence-electron chi connectivity index (χ0n) is 14.1. The number of hydrogen-bond acceptors (Lipinski definition) is 5. The van der Waals surface area contributed by atoms with Crippen LogP contribution in [0.2, 0.25) is 0 Å². The van der Waals surface area contributed by atoms with E-state index < -0.39 is 18.5 Å². The minimum absolute atomic E-state index is 0.0202. The van der Waals surface area contributed by atoms with Gasteiger partial charge in [-0.2, -0.15) is 0 Å². The molecule has 0 radical (unpaired) electrons. The van der Waals surface area contributed by atoms with Crippen molar-refractivity contribution < 1.29 is 24.8 Å². The number of ether oxygens (including phenoxy) is 2. The van der Waals surface area contributed by atoms with Crippen LogP contribution in [-0.4, -0.2) is 53.6 Å². The summed E-state index contributed by atoms with van der Waals surface area (Å²) in [5.74, 6) is 0.0828. The maximum absolute atomic E-state index is 10.5. The number of methoxy groups -OCH3 is 1. The van der Waals surface area contributed by atoms with Gasteiger partial charge < -0.3 is 24.8 Å². The molecule has 5 heteroatoms. The number of hydrogen-bond donors (Lipinski definition) is 3. The van der Waals surface area contributed by atoms with E-state index in [1.165, 1.54) is 0 Å². The average molecular weight is 318 g/mol. The van der Waals surface area contributed by atoms with Gasteiger partial charge in [0.25, 0.3) is 0 Å². The van der Waals surface area contributed by atoms with Gasteiger partial charge in [-0.1, -0.05) is 13.3 Å². The maximum atomic E-state index is 10.5. The molecule has 0 saturated carbocycles. The molecule has 0 bridgehead atoms. The summed E-state index contributed by atoms with van der Waals surface area (Å²) in [6, 6.07) is 0. The molecule has 0 spiro atoms. The highest BCUT2D eigenvalue weighted by atomic mass is 16.6. The van der Waals surface area contributed by atoms with Crippen molar-refractivity contribution in [2.45, 2.75) is 89.3 Å². The minimum atomic E-state index is -0.703. The molecule has 0 amide bonds. The summed E-state index contributed by atoms with van der Waals surface area (Å²) in [4.78, 5) is 0. The van der Waals surface area contributed by atoms with Crippen molar-refractivity contribution in [3.63, 3.8) is 0 Å². The van der Waals surface area contributed by atoms with Crippen molar-refractivity contribution in [2.75, 3.05) is 13.7 Å². The lowest BCUT2D eigenvalue weighted by Gasteiger charge is -2.30. The summed E-state index contributed by atoms with van der Waals surface area (Å²) < 4.78 is 10.7. The summed E-state index contributed by atoms with van der Waals surface area (Å²) in [5.41, 5.74) is 0. The fourth-order valence-electron chi connectivity index (χ4n) is 3.23. The molecule has 1 saturated heterocycles. The second-order valence-corrected chi connectivity index (χ2v) is 6.51. The van der Waals surface area contributed by atoms with Gasteiger partial charge in [0.2, 0.25) is 0 Å². The van der Waals surface area contributed by atoms with E-state index in [0.717, 1.165) is 32.1 Å². The largest absolute Gasteiger partial charge is 0.393 e. The zero-order chi connectivity index (χ0) is 16.4. The normalized spacial score (nSPS) is 32.6. The summed E-state index contributed by atoms with van der Waals surface area (Å²) >= 11 is 0. The molecular formula is C17H34O5. The first-order valence-corrected chi connectivity index (χ1v) is 8.75. The summed E-state index contributed by atoms with van der Waals surface area (Å²) in [6.07, 6.45) is 5.22. The van der Waals surface area contributed by atoms with Gasteiger partial charge >= 0.3 is 0 Å². The smallest absolute Gasteiger partial charge is 0.154 e. The van der Waals surface area contributed by atoms with E-state index in [9.17, 15) is 15.3 Å². The molecule has 0 aromatic rings. The fourth-order valence-corrected chi connectivity index (χ4v) is 3.23. The first-order chi connectivity index (χ1) is 10.6. The lowest BCUT2D eigenvalue weighted by molar-refractivity contribution is -0.149. The predicted octanol–water partition coefficient (Wildman–Crippen LogP) is 2.22. The number of rotatable bonds is 7. The highest BCUT2D eigenvalue weighted by Gasteiger charge is 2.26. The lowest BCUT2D eigenvalue weighted by Crippen LogP contribution is -2.30. The number of aliphatic hydroxyl groups excluding tert-OH is 3. The van der Waals surface area contributed by atoms with Gasteiger partial charge in [0.15, 0.2) is 6.29 Å². The second-order valence-electron chi connectivity index (χ2n) is 6.51. The number of aliphatic hydroxyl groups is 3. The molecule has 1 rings (SSSR count). The Morgan fingerprint density at radius 3 is 2.64 bits per heavy atom. The Kier molecular flexibility index (Phi) is 10.2. The van der Waals surface area contributed by atoms with E-state index in [1.54, 1.807) is 7.11 Å². The molecule has 1 aliphatic rings. The molecule has 1 fully saturated rings. The van der Waals surface area contributed by atoms with Crippen molar-refractivity contribution in [1.82, 2.24) is 0 Å². The first-order valence-electron chi connectivity index (χ1n) is 8.75. The summed E-state index contributed by atoms with van der Waals surface area (Å²) in [6.45, 7) is 2.63. The molecule has 132 valence electrons. The highest BCUT2D eigenvalue weighted by molar-refractivity contribution is 4.76. The minimum Gasteiger partial charge on any atom is -0.393 e. The van der Waals surface area contributed by atoms with Crippen LogP contribution in [0.3, 0.4) is 0 Å². The van der Waals surface area contributed by atoms with Gasteiger partial charge in [-0.25, -0.2) is 0 Å². The van der Waals surface area contributed by atoms with Crippen LogP contribution in [-0.2, 0) is 9.47 Å². The molecule has 0 aromatic heterocycles. The Labute approximate surface area is 134 Å². The molecule has 22 heavy (non-hydrogen) atoms. The van der Waals surface area contributed by atoms with E-state index in [2.05, 4.69) is 6.92 Å². The average Bonchev–Trinajstić information content (AvgIpc) is 2.49. The molecule has 5 atom stereocenters. The molecule has 0 aliphatic carbocycles. The Morgan fingerprint density at radius 1 is 1.18 bits per heavy atom. The summed E-state index contributed by atoms with van der Waals surface area (Å²) in [7, 11) is 1.63. The van der Waals surface area contributed by atoms with Gasteiger partial charge in [0.1, 0.15) is 0 Å².